The molecule has 1 aliphatic rings. The van der Waals surface area contributed by atoms with E-state index in [0.717, 1.165) is 10.1 Å². The van der Waals surface area contributed by atoms with Crippen molar-refractivity contribution >= 4 is 16.5 Å². The van der Waals surface area contributed by atoms with Gasteiger partial charge in [-0.1, -0.05) is 30.6 Å². The number of nitrogens with zero attached hydrogens (tertiary/aromatic N) is 2. The first-order valence-corrected chi connectivity index (χ1v) is 6.43. The van der Waals surface area contributed by atoms with Gasteiger partial charge in [0, 0.05) is 6.04 Å². The van der Waals surface area contributed by atoms with Crippen molar-refractivity contribution in [2.24, 2.45) is 5.73 Å². The molecule has 2 rings (SSSR count). The topological polar surface area (TPSA) is 63.8 Å². The summed E-state index contributed by atoms with van der Waals surface area (Å²) in [6.07, 6.45) is 6.55. The molecule has 84 valence electrons. The predicted molar refractivity (Wildman–Crippen MR) is 63.0 cm³/mol. The van der Waals surface area contributed by atoms with Gasteiger partial charge in [-0.05, 0) is 19.8 Å². The van der Waals surface area contributed by atoms with E-state index in [1.807, 2.05) is 6.92 Å². The Hall–Kier alpha value is -0.680. The average Bonchev–Trinajstić information content (AvgIpc) is 2.68. The molecule has 0 spiro atoms. The highest BCUT2D eigenvalue weighted by atomic mass is 32.1. The molecule has 1 aromatic rings. The summed E-state index contributed by atoms with van der Waals surface area (Å²) in [5, 5.41) is 13.5. The van der Waals surface area contributed by atoms with E-state index in [1.165, 1.54) is 32.1 Å². The number of rotatable bonds is 3. The van der Waals surface area contributed by atoms with Crippen molar-refractivity contribution in [3.8, 4) is 0 Å². The minimum atomic E-state index is -0.00981. The molecule has 4 nitrogen and oxygen atoms in total. The Morgan fingerprint density at radius 2 is 2.07 bits per heavy atom. The van der Waals surface area contributed by atoms with Gasteiger partial charge in [0.1, 0.15) is 5.01 Å². The summed E-state index contributed by atoms with van der Waals surface area (Å²) in [6, 6.07) is 0.581. The lowest BCUT2D eigenvalue weighted by atomic mass is 9.96. The standard InChI is InChI=1S/C10H18N4S/c1-7(11)9-13-14-10(15-9)12-8-5-3-2-4-6-8/h7-8H,2-6,11H2,1H3,(H,12,14)/t7-/m0/s1. The molecular weight excluding hydrogens is 208 g/mol. The van der Waals surface area contributed by atoms with E-state index in [1.54, 1.807) is 11.3 Å². The summed E-state index contributed by atoms with van der Waals surface area (Å²) in [7, 11) is 0. The van der Waals surface area contributed by atoms with Crippen LogP contribution in [0.2, 0.25) is 0 Å². The molecule has 1 aromatic heterocycles. The van der Waals surface area contributed by atoms with E-state index < -0.39 is 0 Å². The molecule has 0 saturated heterocycles. The summed E-state index contributed by atoms with van der Waals surface area (Å²) in [6.45, 7) is 1.94. The van der Waals surface area contributed by atoms with Crippen molar-refractivity contribution < 1.29 is 0 Å². The monoisotopic (exact) mass is 226 g/mol. The zero-order valence-electron chi connectivity index (χ0n) is 9.07. The number of nitrogens with one attached hydrogen (secondary N) is 1. The van der Waals surface area contributed by atoms with Crippen molar-refractivity contribution in [3.05, 3.63) is 5.01 Å². The molecule has 0 aliphatic heterocycles. The Bertz CT molecular complexity index is 304. The lowest BCUT2D eigenvalue weighted by molar-refractivity contribution is 0.462. The van der Waals surface area contributed by atoms with Crippen LogP contribution < -0.4 is 11.1 Å². The smallest absolute Gasteiger partial charge is 0.205 e. The predicted octanol–water partition coefficient (Wildman–Crippen LogP) is 2.30. The van der Waals surface area contributed by atoms with E-state index in [9.17, 15) is 0 Å². The van der Waals surface area contributed by atoms with Crippen LogP contribution >= 0.6 is 11.3 Å². The Morgan fingerprint density at radius 3 is 2.67 bits per heavy atom. The maximum absolute atomic E-state index is 5.74. The number of hydrogen-bond acceptors (Lipinski definition) is 5. The fourth-order valence-electron chi connectivity index (χ4n) is 1.90. The van der Waals surface area contributed by atoms with Crippen molar-refractivity contribution in [2.75, 3.05) is 5.32 Å². The maximum Gasteiger partial charge on any atom is 0.205 e. The Kier molecular flexibility index (Phi) is 3.53. The molecular formula is C10H18N4S. The van der Waals surface area contributed by atoms with Crippen LogP contribution in [0.4, 0.5) is 5.13 Å². The number of nitrogens with two attached hydrogens (primary N) is 1. The van der Waals surface area contributed by atoms with Crippen LogP contribution in [0.1, 0.15) is 50.1 Å². The second kappa shape index (κ2) is 4.90. The number of anilines is 1. The normalized spacial score (nSPS) is 20.1. The van der Waals surface area contributed by atoms with Gasteiger partial charge < -0.3 is 11.1 Å². The molecule has 15 heavy (non-hydrogen) atoms. The van der Waals surface area contributed by atoms with Gasteiger partial charge in [-0.3, -0.25) is 0 Å². The van der Waals surface area contributed by atoms with E-state index in [4.69, 9.17) is 5.73 Å². The quantitative estimate of drug-likeness (QED) is 0.830. The second-order valence-corrected chi connectivity index (χ2v) is 5.22. The maximum atomic E-state index is 5.74. The Labute approximate surface area is 94.3 Å². The minimum Gasteiger partial charge on any atom is -0.357 e. The minimum absolute atomic E-state index is 0.00981. The molecule has 1 fully saturated rings. The highest BCUT2D eigenvalue weighted by Gasteiger charge is 2.15. The third-order valence-electron chi connectivity index (χ3n) is 2.76. The molecule has 5 heteroatoms. The molecule has 1 saturated carbocycles. The molecule has 1 aliphatic carbocycles. The first-order valence-electron chi connectivity index (χ1n) is 5.61. The van der Waals surface area contributed by atoms with Gasteiger partial charge >= 0.3 is 0 Å². The number of aromatic nitrogens is 2. The fourth-order valence-corrected chi connectivity index (χ4v) is 2.67. The van der Waals surface area contributed by atoms with E-state index >= 15 is 0 Å². The van der Waals surface area contributed by atoms with Crippen LogP contribution in [0.3, 0.4) is 0 Å². The van der Waals surface area contributed by atoms with Gasteiger partial charge in [-0.15, -0.1) is 10.2 Å². The summed E-state index contributed by atoms with van der Waals surface area (Å²) in [4.78, 5) is 0. The fraction of sp³-hybridized carbons (Fsp3) is 0.800. The molecule has 0 unspecified atom stereocenters. The summed E-state index contributed by atoms with van der Waals surface area (Å²) >= 11 is 1.58. The zero-order chi connectivity index (χ0) is 10.7. The van der Waals surface area contributed by atoms with Crippen molar-refractivity contribution in [3.63, 3.8) is 0 Å². The first kappa shape index (κ1) is 10.8. The van der Waals surface area contributed by atoms with Crippen LogP contribution in [-0.2, 0) is 0 Å². The number of hydrogen-bond donors (Lipinski definition) is 2. The average molecular weight is 226 g/mol. The summed E-state index contributed by atoms with van der Waals surface area (Å²) in [5.74, 6) is 0. The van der Waals surface area contributed by atoms with Crippen molar-refractivity contribution in [1.82, 2.24) is 10.2 Å². The Morgan fingerprint density at radius 1 is 1.33 bits per heavy atom. The van der Waals surface area contributed by atoms with Gasteiger partial charge in [0.15, 0.2) is 0 Å². The first-order chi connectivity index (χ1) is 7.25. The lowest BCUT2D eigenvalue weighted by Crippen LogP contribution is -2.21. The summed E-state index contributed by atoms with van der Waals surface area (Å²) < 4.78 is 0. The van der Waals surface area contributed by atoms with Crippen LogP contribution in [-0.4, -0.2) is 16.2 Å². The third-order valence-corrected chi connectivity index (χ3v) is 3.82. The third kappa shape index (κ3) is 2.89. The zero-order valence-corrected chi connectivity index (χ0v) is 9.89. The molecule has 1 atom stereocenters. The molecule has 0 radical (unpaired) electrons. The van der Waals surface area contributed by atoms with Gasteiger partial charge in [0.25, 0.3) is 0 Å². The molecule has 0 amide bonds. The largest absolute Gasteiger partial charge is 0.357 e. The lowest BCUT2D eigenvalue weighted by Gasteiger charge is -2.21. The highest BCUT2D eigenvalue weighted by Crippen LogP contribution is 2.25. The van der Waals surface area contributed by atoms with E-state index in [0.29, 0.717) is 6.04 Å². The molecule has 0 aromatic carbocycles. The van der Waals surface area contributed by atoms with Gasteiger partial charge in [0.05, 0.1) is 6.04 Å². The SMILES string of the molecule is C[C@H](N)c1nnc(NC2CCCCC2)s1. The highest BCUT2D eigenvalue weighted by molar-refractivity contribution is 7.15. The van der Waals surface area contributed by atoms with Crippen LogP contribution in [0.5, 0.6) is 0 Å². The van der Waals surface area contributed by atoms with Gasteiger partial charge in [-0.2, -0.15) is 0 Å². The summed E-state index contributed by atoms with van der Waals surface area (Å²) in [5.41, 5.74) is 5.74. The van der Waals surface area contributed by atoms with Crippen molar-refractivity contribution in [1.29, 1.82) is 0 Å². The van der Waals surface area contributed by atoms with Crippen molar-refractivity contribution in [2.45, 2.75) is 51.1 Å². The molecule has 0 bridgehead atoms. The van der Waals surface area contributed by atoms with E-state index in [2.05, 4.69) is 15.5 Å². The second-order valence-electron chi connectivity index (χ2n) is 4.21. The van der Waals surface area contributed by atoms with Crippen LogP contribution in [0.15, 0.2) is 0 Å². The van der Waals surface area contributed by atoms with Gasteiger partial charge in [-0.25, -0.2) is 0 Å². The molecule has 1 heterocycles. The molecule has 3 N–H and O–H groups in total. The van der Waals surface area contributed by atoms with Gasteiger partial charge in [0.2, 0.25) is 5.13 Å². The van der Waals surface area contributed by atoms with E-state index in [-0.39, 0.29) is 6.04 Å². The van der Waals surface area contributed by atoms with Crippen LogP contribution in [0.25, 0.3) is 0 Å². The van der Waals surface area contributed by atoms with Crippen LogP contribution in [0, 0.1) is 0 Å². The Balaban J connectivity index is 1.91.